The van der Waals surface area contributed by atoms with Crippen LogP contribution in [0.1, 0.15) is 22.3 Å². The van der Waals surface area contributed by atoms with Crippen molar-refractivity contribution >= 4 is 38.6 Å². The number of rotatable bonds is 3. The molecule has 0 bridgehead atoms. The van der Waals surface area contributed by atoms with Crippen LogP contribution in [0.15, 0.2) is 176 Å². The van der Waals surface area contributed by atoms with Gasteiger partial charge in [-0.15, -0.1) is 0 Å². The fourth-order valence-electron chi connectivity index (χ4n) is 8.29. The summed E-state index contributed by atoms with van der Waals surface area (Å²) >= 11 is 0. The van der Waals surface area contributed by atoms with Gasteiger partial charge in [-0.1, -0.05) is 127 Å². The molecule has 0 heterocycles. The molecule has 0 aliphatic heterocycles. The Labute approximate surface area is 268 Å². The average Bonchev–Trinajstić information content (AvgIpc) is 3.58. The first-order valence-electron chi connectivity index (χ1n) is 16.0. The van der Waals surface area contributed by atoms with Crippen LogP contribution in [0, 0.1) is 0 Å². The molecule has 46 heavy (non-hydrogen) atoms. The highest BCUT2D eigenvalue weighted by atomic mass is 15.1. The van der Waals surface area contributed by atoms with E-state index in [1.165, 1.54) is 66.1 Å². The summed E-state index contributed by atoms with van der Waals surface area (Å²) in [6.07, 6.45) is 0. The molecule has 0 aromatic heterocycles. The van der Waals surface area contributed by atoms with E-state index < -0.39 is 5.41 Å². The lowest BCUT2D eigenvalue weighted by molar-refractivity contribution is 0.795. The van der Waals surface area contributed by atoms with Gasteiger partial charge in [-0.2, -0.15) is 0 Å². The summed E-state index contributed by atoms with van der Waals surface area (Å²) in [4.78, 5) is 2.41. The fourth-order valence-corrected chi connectivity index (χ4v) is 8.29. The Hall–Kier alpha value is -5.92. The molecule has 1 heteroatoms. The van der Waals surface area contributed by atoms with Gasteiger partial charge in [0.15, 0.2) is 0 Å². The molecule has 1 spiro atoms. The largest absolute Gasteiger partial charge is 0.310 e. The van der Waals surface area contributed by atoms with Crippen LogP contribution in [-0.4, -0.2) is 0 Å². The van der Waals surface area contributed by atoms with Gasteiger partial charge >= 0.3 is 0 Å². The van der Waals surface area contributed by atoms with Gasteiger partial charge in [0.2, 0.25) is 0 Å². The van der Waals surface area contributed by atoms with Crippen molar-refractivity contribution in [3.63, 3.8) is 0 Å². The van der Waals surface area contributed by atoms with Gasteiger partial charge in [0.25, 0.3) is 0 Å². The highest BCUT2D eigenvalue weighted by Crippen LogP contribution is 2.63. The van der Waals surface area contributed by atoms with Gasteiger partial charge in [0.05, 0.1) is 5.41 Å². The predicted molar refractivity (Wildman–Crippen MR) is 192 cm³/mol. The molecule has 214 valence electrons. The molecule has 2 aliphatic carbocycles. The van der Waals surface area contributed by atoms with Crippen LogP contribution in [-0.2, 0) is 5.41 Å². The molecule has 0 N–H and O–H groups in total. The first-order chi connectivity index (χ1) is 22.8. The second-order valence-electron chi connectivity index (χ2n) is 12.5. The van der Waals surface area contributed by atoms with Crippen LogP contribution in [0.3, 0.4) is 0 Å². The maximum Gasteiger partial charge on any atom is 0.0726 e. The SMILES string of the molecule is c1ccc(N(c2ccc3c(c2)C2(c4ccccc4-3)c3ccccc3-c3cc4ccccc4cc32)c2ccc3ccccc3c2)cc1. The molecule has 8 aromatic rings. The molecule has 8 aromatic carbocycles. The van der Waals surface area contributed by atoms with Crippen molar-refractivity contribution < 1.29 is 0 Å². The summed E-state index contributed by atoms with van der Waals surface area (Å²) < 4.78 is 0. The van der Waals surface area contributed by atoms with E-state index in [0.717, 1.165) is 17.1 Å². The van der Waals surface area contributed by atoms with Crippen molar-refractivity contribution in [3.05, 3.63) is 198 Å². The van der Waals surface area contributed by atoms with Crippen LogP contribution in [0.2, 0.25) is 0 Å². The number of para-hydroxylation sites is 1. The first-order valence-corrected chi connectivity index (χ1v) is 16.0. The molecule has 0 fully saturated rings. The third-order valence-corrected chi connectivity index (χ3v) is 10.2. The Morgan fingerprint density at radius 2 is 0.783 bits per heavy atom. The minimum absolute atomic E-state index is 0.413. The number of benzene rings is 8. The van der Waals surface area contributed by atoms with Crippen molar-refractivity contribution in [2.75, 3.05) is 4.90 Å². The number of fused-ring (bicyclic) bond motifs is 12. The predicted octanol–water partition coefficient (Wildman–Crippen LogP) is 11.8. The lowest BCUT2D eigenvalue weighted by Gasteiger charge is -2.32. The maximum atomic E-state index is 2.47. The summed E-state index contributed by atoms with van der Waals surface area (Å²) in [5, 5.41) is 5.03. The summed E-state index contributed by atoms with van der Waals surface area (Å²) in [6, 6.07) is 65.1. The zero-order valence-corrected chi connectivity index (χ0v) is 25.2. The van der Waals surface area contributed by atoms with Gasteiger partial charge in [0, 0.05) is 17.1 Å². The van der Waals surface area contributed by atoms with Gasteiger partial charge in [-0.3, -0.25) is 0 Å². The molecule has 0 saturated carbocycles. The molecular formula is C45H29N. The van der Waals surface area contributed by atoms with E-state index in [4.69, 9.17) is 0 Å². The van der Waals surface area contributed by atoms with Crippen molar-refractivity contribution in [1.29, 1.82) is 0 Å². The summed E-state index contributed by atoms with van der Waals surface area (Å²) in [7, 11) is 0. The minimum atomic E-state index is -0.413. The molecule has 1 atom stereocenters. The second kappa shape index (κ2) is 9.54. The van der Waals surface area contributed by atoms with Crippen molar-refractivity contribution in [1.82, 2.24) is 0 Å². The van der Waals surface area contributed by atoms with E-state index in [1.54, 1.807) is 0 Å². The van der Waals surface area contributed by atoms with Gasteiger partial charge < -0.3 is 4.90 Å². The number of anilines is 3. The molecule has 1 nitrogen and oxygen atoms in total. The Morgan fingerprint density at radius 3 is 1.52 bits per heavy atom. The smallest absolute Gasteiger partial charge is 0.0726 e. The fraction of sp³-hybridized carbons (Fsp3) is 0.0222. The van der Waals surface area contributed by atoms with Crippen LogP contribution in [0.25, 0.3) is 43.8 Å². The standard InChI is InChI=1S/C45H29N/c1-2-16-34(17-3-1)46(35-23-22-30-12-4-5-13-31(30)26-35)36-24-25-39-37-18-8-10-20-41(37)45(44(39)29-36)42-21-11-9-19-38(42)40-27-32-14-6-7-15-33(32)28-43(40)45/h1-29H. The van der Waals surface area contributed by atoms with Crippen LogP contribution in [0.4, 0.5) is 17.1 Å². The molecule has 0 saturated heterocycles. The van der Waals surface area contributed by atoms with E-state index >= 15 is 0 Å². The number of hydrogen-bond acceptors (Lipinski definition) is 1. The molecule has 1 unspecified atom stereocenters. The van der Waals surface area contributed by atoms with Crippen LogP contribution in [0.5, 0.6) is 0 Å². The van der Waals surface area contributed by atoms with Gasteiger partial charge in [0.1, 0.15) is 0 Å². The van der Waals surface area contributed by atoms with E-state index in [2.05, 4.69) is 181 Å². The van der Waals surface area contributed by atoms with E-state index in [1.807, 2.05) is 0 Å². The zero-order valence-electron chi connectivity index (χ0n) is 25.2. The normalized spacial score (nSPS) is 15.5. The minimum Gasteiger partial charge on any atom is -0.310 e. The Bertz CT molecular complexity index is 2490. The third-order valence-electron chi connectivity index (χ3n) is 10.2. The summed E-state index contributed by atoms with van der Waals surface area (Å²) in [6.45, 7) is 0. The van der Waals surface area contributed by atoms with Gasteiger partial charge in [-0.25, -0.2) is 0 Å². The lowest BCUT2D eigenvalue weighted by Crippen LogP contribution is -2.26. The number of hydrogen-bond donors (Lipinski definition) is 0. The summed E-state index contributed by atoms with van der Waals surface area (Å²) in [5.74, 6) is 0. The van der Waals surface area contributed by atoms with Crippen LogP contribution >= 0.6 is 0 Å². The zero-order chi connectivity index (χ0) is 30.2. The maximum absolute atomic E-state index is 2.47. The van der Waals surface area contributed by atoms with Crippen molar-refractivity contribution in [2.24, 2.45) is 0 Å². The molecular weight excluding hydrogens is 555 g/mol. The van der Waals surface area contributed by atoms with E-state index in [-0.39, 0.29) is 0 Å². The quantitative estimate of drug-likeness (QED) is 0.200. The van der Waals surface area contributed by atoms with Crippen LogP contribution < -0.4 is 4.90 Å². The highest BCUT2D eigenvalue weighted by Gasteiger charge is 2.51. The molecule has 2 aliphatic rings. The average molecular weight is 584 g/mol. The van der Waals surface area contributed by atoms with Crippen molar-refractivity contribution in [2.45, 2.75) is 5.41 Å². The van der Waals surface area contributed by atoms with Gasteiger partial charge in [-0.05, 0) is 115 Å². The van der Waals surface area contributed by atoms with E-state index in [9.17, 15) is 0 Å². The second-order valence-corrected chi connectivity index (χ2v) is 12.5. The Morgan fingerprint density at radius 1 is 0.283 bits per heavy atom. The Balaban J connectivity index is 1.29. The Kier molecular flexibility index (Phi) is 5.27. The lowest BCUT2D eigenvalue weighted by atomic mass is 9.70. The highest BCUT2D eigenvalue weighted by molar-refractivity contribution is 6.00. The van der Waals surface area contributed by atoms with Crippen molar-refractivity contribution in [3.8, 4) is 22.3 Å². The summed E-state index contributed by atoms with van der Waals surface area (Å²) in [5.41, 5.74) is 13.7. The first kappa shape index (κ1) is 25.4. The number of nitrogens with zero attached hydrogens (tertiary/aromatic N) is 1. The monoisotopic (exact) mass is 583 g/mol. The van der Waals surface area contributed by atoms with E-state index in [0.29, 0.717) is 0 Å². The molecule has 0 radical (unpaired) electrons. The third kappa shape index (κ3) is 3.40. The topological polar surface area (TPSA) is 3.24 Å². The molecule has 10 rings (SSSR count). The molecule has 0 amide bonds.